The highest BCUT2D eigenvalue weighted by atomic mass is 16.2. The minimum atomic E-state index is -0.444. The molecule has 1 heterocycles. The van der Waals surface area contributed by atoms with Crippen molar-refractivity contribution in [3.8, 4) is 0 Å². The van der Waals surface area contributed by atoms with E-state index < -0.39 is 6.17 Å². The number of carbonyl (C=O) groups is 2. The third-order valence-corrected chi connectivity index (χ3v) is 3.57. The highest BCUT2D eigenvalue weighted by Crippen LogP contribution is 2.03. The molecule has 1 saturated heterocycles. The van der Waals surface area contributed by atoms with E-state index in [-0.39, 0.29) is 11.7 Å². The van der Waals surface area contributed by atoms with Crippen LogP contribution in [-0.2, 0) is 4.79 Å². The molecule has 4 heteroatoms. The van der Waals surface area contributed by atoms with E-state index >= 15 is 0 Å². The van der Waals surface area contributed by atoms with Crippen molar-refractivity contribution < 1.29 is 14.5 Å². The molecule has 1 aliphatic rings. The van der Waals surface area contributed by atoms with Crippen LogP contribution in [0.4, 0.5) is 0 Å². The normalized spacial score (nSPS) is 17.7. The van der Waals surface area contributed by atoms with E-state index in [0.717, 1.165) is 25.9 Å². The Hall–Kier alpha value is -1.68. The van der Waals surface area contributed by atoms with Crippen molar-refractivity contribution in [2.45, 2.75) is 32.4 Å². The zero-order valence-corrected chi connectivity index (χ0v) is 11.3. The van der Waals surface area contributed by atoms with Gasteiger partial charge in [-0.1, -0.05) is 30.3 Å². The molecule has 0 saturated carbocycles. The largest absolute Gasteiger partial charge is 0.309 e. The molecule has 1 atom stereocenters. The first-order chi connectivity index (χ1) is 9.18. The Labute approximate surface area is 113 Å². The molecule has 0 unspecified atom stereocenters. The molecule has 0 aliphatic carbocycles. The van der Waals surface area contributed by atoms with Crippen LogP contribution in [0.3, 0.4) is 0 Å². The predicted octanol–water partition coefficient (Wildman–Crippen LogP) is 0.400. The summed E-state index contributed by atoms with van der Waals surface area (Å²) in [6.07, 6.45) is 3.01. The predicted molar refractivity (Wildman–Crippen MR) is 72.9 cm³/mol. The van der Waals surface area contributed by atoms with Gasteiger partial charge in [0.1, 0.15) is 0 Å². The quantitative estimate of drug-likeness (QED) is 0.771. The minimum absolute atomic E-state index is 0.00713. The molecule has 102 valence electrons. The second-order valence-electron chi connectivity index (χ2n) is 5.08. The molecule has 2 rings (SSSR count). The summed E-state index contributed by atoms with van der Waals surface area (Å²) in [4.78, 5) is 25.1. The van der Waals surface area contributed by atoms with Crippen LogP contribution < -0.4 is 10.2 Å². The lowest BCUT2D eigenvalue weighted by molar-refractivity contribution is -0.922. The Bertz CT molecular complexity index is 439. The lowest BCUT2D eigenvalue weighted by atomic mass is 10.0. The number of Topliss-reactive ketones (excluding diaryl/α,β-unsaturated/α-hetero) is 1. The van der Waals surface area contributed by atoms with Gasteiger partial charge in [0.15, 0.2) is 0 Å². The van der Waals surface area contributed by atoms with E-state index in [1.807, 2.05) is 18.2 Å². The Morgan fingerprint density at radius 2 is 1.74 bits per heavy atom. The number of ketones is 1. The van der Waals surface area contributed by atoms with Crippen LogP contribution in [-0.4, -0.2) is 30.9 Å². The second kappa shape index (κ2) is 6.48. The molecule has 0 aromatic heterocycles. The Morgan fingerprint density at radius 1 is 1.11 bits per heavy atom. The van der Waals surface area contributed by atoms with E-state index in [4.69, 9.17) is 0 Å². The summed E-state index contributed by atoms with van der Waals surface area (Å²) in [5.41, 5.74) is 0.666. The number of likely N-dealkylation sites (tertiary alicyclic amines) is 1. The van der Waals surface area contributed by atoms with Crippen LogP contribution in [0.1, 0.15) is 36.5 Å². The summed E-state index contributed by atoms with van der Waals surface area (Å²) in [5, 5.41) is 2.82. The average Bonchev–Trinajstić information content (AvgIpc) is 2.46. The van der Waals surface area contributed by atoms with E-state index in [2.05, 4.69) is 5.32 Å². The van der Waals surface area contributed by atoms with Crippen LogP contribution in [0.15, 0.2) is 30.3 Å². The van der Waals surface area contributed by atoms with Gasteiger partial charge in [-0.05, 0) is 19.3 Å². The molecule has 4 nitrogen and oxygen atoms in total. The number of quaternary nitrogens is 1. The third kappa shape index (κ3) is 3.64. The summed E-state index contributed by atoms with van der Waals surface area (Å²) in [6.45, 7) is 3.36. The van der Waals surface area contributed by atoms with E-state index in [1.54, 1.807) is 12.1 Å². The maximum absolute atomic E-state index is 12.5. The molecule has 2 N–H and O–H groups in total. The first-order valence-electron chi connectivity index (χ1n) is 6.89. The molecule has 1 aliphatic heterocycles. The number of benzene rings is 1. The number of rotatable bonds is 4. The molecule has 0 radical (unpaired) electrons. The molecule has 1 aromatic rings. The van der Waals surface area contributed by atoms with Crippen LogP contribution in [0.5, 0.6) is 0 Å². The lowest BCUT2D eigenvalue weighted by Gasteiger charge is -2.30. The van der Waals surface area contributed by atoms with Crippen LogP contribution in [0.2, 0.25) is 0 Å². The highest BCUT2D eigenvalue weighted by Gasteiger charge is 2.32. The number of piperidine rings is 1. The topological polar surface area (TPSA) is 50.6 Å². The first kappa shape index (κ1) is 13.7. The maximum atomic E-state index is 12.5. The van der Waals surface area contributed by atoms with Crippen molar-refractivity contribution >= 4 is 11.7 Å². The van der Waals surface area contributed by atoms with Crippen LogP contribution in [0.25, 0.3) is 0 Å². The fourth-order valence-corrected chi connectivity index (χ4v) is 2.62. The third-order valence-electron chi connectivity index (χ3n) is 3.57. The number of amides is 1. The van der Waals surface area contributed by atoms with Gasteiger partial charge in [-0.25, -0.2) is 0 Å². The zero-order chi connectivity index (χ0) is 13.7. The van der Waals surface area contributed by atoms with Gasteiger partial charge >= 0.3 is 0 Å². The zero-order valence-electron chi connectivity index (χ0n) is 11.3. The summed E-state index contributed by atoms with van der Waals surface area (Å²) in [7, 11) is 0. The molecule has 19 heavy (non-hydrogen) atoms. The van der Waals surface area contributed by atoms with Gasteiger partial charge in [0.05, 0.1) is 13.1 Å². The van der Waals surface area contributed by atoms with Crippen molar-refractivity contribution in [1.29, 1.82) is 0 Å². The van der Waals surface area contributed by atoms with Crippen molar-refractivity contribution in [3.05, 3.63) is 35.9 Å². The summed E-state index contributed by atoms with van der Waals surface area (Å²) >= 11 is 0. The summed E-state index contributed by atoms with van der Waals surface area (Å²) < 4.78 is 0. The Balaban J connectivity index is 2.16. The summed E-state index contributed by atoms with van der Waals surface area (Å²) in [6, 6.07) is 9.20. The van der Waals surface area contributed by atoms with Gasteiger partial charge in [-0.15, -0.1) is 0 Å². The molecule has 1 aromatic carbocycles. The van der Waals surface area contributed by atoms with Crippen LogP contribution >= 0.6 is 0 Å². The monoisotopic (exact) mass is 261 g/mol. The van der Waals surface area contributed by atoms with Gasteiger partial charge in [0.25, 0.3) is 0 Å². The number of hydrogen-bond donors (Lipinski definition) is 2. The molecule has 1 amide bonds. The van der Waals surface area contributed by atoms with E-state index in [9.17, 15) is 9.59 Å². The van der Waals surface area contributed by atoms with Gasteiger partial charge in [-0.3, -0.25) is 9.59 Å². The SMILES string of the molecule is CC(=O)N[C@@H](C(=O)c1ccccc1)[NH+]1CCCCC1. The molecular weight excluding hydrogens is 240 g/mol. The van der Waals surface area contributed by atoms with Gasteiger partial charge in [-0.2, -0.15) is 0 Å². The van der Waals surface area contributed by atoms with E-state index in [1.165, 1.54) is 18.2 Å². The maximum Gasteiger partial charge on any atom is 0.241 e. The van der Waals surface area contributed by atoms with Gasteiger partial charge in [0.2, 0.25) is 17.9 Å². The fourth-order valence-electron chi connectivity index (χ4n) is 2.62. The fraction of sp³-hybridized carbons (Fsp3) is 0.467. The van der Waals surface area contributed by atoms with E-state index in [0.29, 0.717) is 5.56 Å². The molecule has 1 fully saturated rings. The standard InChI is InChI=1S/C15H20N2O2/c1-12(18)16-15(17-10-6-3-7-11-17)14(19)13-8-4-2-5-9-13/h2,4-5,8-9,15H,3,6-7,10-11H2,1H3,(H,16,18)/p+1/t15-/m1/s1. The van der Waals surface area contributed by atoms with Gasteiger partial charge in [0, 0.05) is 12.5 Å². The Morgan fingerprint density at radius 3 is 2.32 bits per heavy atom. The average molecular weight is 261 g/mol. The number of carbonyl (C=O) groups excluding carboxylic acids is 2. The first-order valence-corrected chi connectivity index (χ1v) is 6.89. The number of nitrogens with one attached hydrogen (secondary N) is 2. The second-order valence-corrected chi connectivity index (χ2v) is 5.08. The summed E-state index contributed by atoms with van der Waals surface area (Å²) in [5.74, 6) is -0.139. The van der Waals surface area contributed by atoms with Crippen molar-refractivity contribution in [2.24, 2.45) is 0 Å². The molecule has 0 spiro atoms. The van der Waals surface area contributed by atoms with Crippen molar-refractivity contribution in [2.75, 3.05) is 13.1 Å². The Kier molecular flexibility index (Phi) is 4.68. The molecular formula is C15H21N2O2+. The number of hydrogen-bond acceptors (Lipinski definition) is 2. The molecule has 0 bridgehead atoms. The highest BCUT2D eigenvalue weighted by molar-refractivity contribution is 6.00. The van der Waals surface area contributed by atoms with Gasteiger partial charge < -0.3 is 10.2 Å². The van der Waals surface area contributed by atoms with Crippen LogP contribution in [0, 0.1) is 0 Å². The van der Waals surface area contributed by atoms with Crippen molar-refractivity contribution in [1.82, 2.24) is 5.32 Å². The van der Waals surface area contributed by atoms with Crippen molar-refractivity contribution in [3.63, 3.8) is 0 Å². The minimum Gasteiger partial charge on any atom is -0.309 e. The smallest absolute Gasteiger partial charge is 0.241 e. The lowest BCUT2D eigenvalue weighted by Crippen LogP contribution is -3.19.